The molecule has 1 fully saturated rings. The molecule has 2 atom stereocenters. The summed E-state index contributed by atoms with van der Waals surface area (Å²) >= 11 is 0. The number of nitrogens with zero attached hydrogens (tertiary/aromatic N) is 2. The molecule has 5 rings (SSSR count). The number of carbonyl (C=O) groups excluding carboxylic acids is 2. The summed E-state index contributed by atoms with van der Waals surface area (Å²) in [4.78, 5) is 30.6. The van der Waals surface area contributed by atoms with Gasteiger partial charge in [-0.05, 0) is 54.4 Å². The van der Waals surface area contributed by atoms with E-state index in [1.54, 1.807) is 81.9 Å². The highest BCUT2D eigenvalue weighted by Crippen LogP contribution is 2.43. The average molecular weight is 542 g/mol. The molecule has 0 saturated carbocycles. The minimum Gasteiger partial charge on any atom is -0.497 e. The number of halogens is 1. The molecule has 0 unspecified atom stereocenters. The Hall–Kier alpha value is -4.30. The number of rotatable bonds is 9. The van der Waals surface area contributed by atoms with Crippen LogP contribution in [0.3, 0.4) is 0 Å². The first-order valence-electron chi connectivity index (χ1n) is 13.2. The largest absolute Gasteiger partial charge is 0.497 e. The van der Waals surface area contributed by atoms with Crippen LogP contribution in [0.25, 0.3) is 0 Å². The molecule has 0 amide bonds. The molecule has 0 radical (unpaired) electrons. The van der Waals surface area contributed by atoms with Crippen LogP contribution in [0.1, 0.15) is 43.5 Å². The van der Waals surface area contributed by atoms with Crippen LogP contribution in [-0.4, -0.2) is 54.0 Å². The summed E-state index contributed by atoms with van der Waals surface area (Å²) in [6, 6.07) is 20.8. The predicted octanol–water partition coefficient (Wildman–Crippen LogP) is 5.47. The standard InChI is InChI=1S/C32H32FN3O4/c1-20-26(11-6-12-29(20)33)30-27(31(37)21-7-4-9-24(15-21)39-2)18-36(17-23-13-14-34-35-23)19-28(30)32(38)22-8-5-10-25(16-22)40-3/h4-16,27-28,30H,17-19H2,1-3H3,(H,34,35)/t27-,28-/m0/s1. The van der Waals surface area contributed by atoms with E-state index in [1.807, 2.05) is 12.1 Å². The summed E-state index contributed by atoms with van der Waals surface area (Å²) < 4.78 is 25.7. The Labute approximate surface area is 232 Å². The zero-order valence-corrected chi connectivity index (χ0v) is 22.8. The average Bonchev–Trinajstić information content (AvgIpc) is 3.50. The first-order valence-corrected chi connectivity index (χ1v) is 13.2. The third-order valence-corrected chi connectivity index (χ3v) is 7.78. The smallest absolute Gasteiger partial charge is 0.167 e. The number of carbonyl (C=O) groups is 2. The van der Waals surface area contributed by atoms with E-state index in [-0.39, 0.29) is 17.4 Å². The Morgan fingerprint density at radius 2 is 1.48 bits per heavy atom. The molecule has 3 aromatic carbocycles. The van der Waals surface area contributed by atoms with E-state index in [0.717, 1.165) is 5.69 Å². The number of aromatic nitrogens is 2. The van der Waals surface area contributed by atoms with Crippen LogP contribution < -0.4 is 9.47 Å². The van der Waals surface area contributed by atoms with Gasteiger partial charge >= 0.3 is 0 Å². The summed E-state index contributed by atoms with van der Waals surface area (Å²) in [5.74, 6) is -1.26. The van der Waals surface area contributed by atoms with E-state index in [0.29, 0.717) is 53.4 Å². The summed E-state index contributed by atoms with van der Waals surface area (Å²) in [6.45, 7) is 2.97. The zero-order chi connectivity index (χ0) is 28.2. The molecule has 1 aliphatic heterocycles. The van der Waals surface area contributed by atoms with Crippen LogP contribution in [0.15, 0.2) is 79.0 Å². The number of aromatic amines is 1. The van der Waals surface area contributed by atoms with Crippen LogP contribution in [0.5, 0.6) is 11.5 Å². The van der Waals surface area contributed by atoms with Gasteiger partial charge in [0.05, 0.1) is 14.2 Å². The molecule has 0 bridgehead atoms. The second-order valence-electron chi connectivity index (χ2n) is 10.2. The van der Waals surface area contributed by atoms with Gasteiger partial charge in [-0.3, -0.25) is 19.6 Å². The van der Waals surface area contributed by atoms with Crippen LogP contribution in [0, 0.1) is 24.6 Å². The molecule has 4 aromatic rings. The van der Waals surface area contributed by atoms with Gasteiger partial charge in [0.25, 0.3) is 0 Å². The van der Waals surface area contributed by atoms with Crippen LogP contribution >= 0.6 is 0 Å². The molecule has 8 heteroatoms. The molecular weight excluding hydrogens is 509 g/mol. The van der Waals surface area contributed by atoms with E-state index >= 15 is 0 Å². The van der Waals surface area contributed by atoms with Gasteiger partial charge in [0.2, 0.25) is 0 Å². The molecule has 2 heterocycles. The van der Waals surface area contributed by atoms with Gasteiger partial charge in [-0.2, -0.15) is 5.10 Å². The lowest BCUT2D eigenvalue weighted by molar-refractivity contribution is 0.0551. The Morgan fingerprint density at radius 1 is 0.900 bits per heavy atom. The van der Waals surface area contributed by atoms with Crippen LogP contribution in [-0.2, 0) is 6.54 Å². The number of ketones is 2. The monoisotopic (exact) mass is 541 g/mol. The molecule has 40 heavy (non-hydrogen) atoms. The van der Waals surface area contributed by atoms with Gasteiger partial charge in [-0.25, -0.2) is 4.39 Å². The van der Waals surface area contributed by atoms with E-state index in [9.17, 15) is 14.0 Å². The minimum atomic E-state index is -0.621. The van der Waals surface area contributed by atoms with E-state index < -0.39 is 17.8 Å². The number of hydrogen-bond donors (Lipinski definition) is 1. The zero-order valence-electron chi connectivity index (χ0n) is 22.8. The third kappa shape index (κ3) is 5.53. The fourth-order valence-corrected chi connectivity index (χ4v) is 5.77. The predicted molar refractivity (Wildman–Crippen MR) is 149 cm³/mol. The highest BCUT2D eigenvalue weighted by Gasteiger charge is 2.45. The van der Waals surface area contributed by atoms with Crippen molar-refractivity contribution in [2.75, 3.05) is 27.3 Å². The Morgan fingerprint density at radius 3 is 2.00 bits per heavy atom. The lowest BCUT2D eigenvalue weighted by Gasteiger charge is -2.43. The van der Waals surface area contributed by atoms with E-state index in [4.69, 9.17) is 9.47 Å². The molecule has 1 N–H and O–H groups in total. The fraction of sp³-hybridized carbons (Fsp3) is 0.281. The molecule has 0 spiro atoms. The van der Waals surface area contributed by atoms with E-state index in [1.165, 1.54) is 6.07 Å². The van der Waals surface area contributed by atoms with Crippen molar-refractivity contribution < 1.29 is 23.5 Å². The number of likely N-dealkylation sites (tertiary alicyclic amines) is 1. The third-order valence-electron chi connectivity index (χ3n) is 7.78. The molecule has 1 saturated heterocycles. The second kappa shape index (κ2) is 11.8. The summed E-state index contributed by atoms with van der Waals surface area (Å²) in [5.41, 5.74) is 2.96. The van der Waals surface area contributed by atoms with Crippen LogP contribution in [0.4, 0.5) is 4.39 Å². The van der Waals surface area contributed by atoms with Crippen molar-refractivity contribution in [2.45, 2.75) is 19.4 Å². The van der Waals surface area contributed by atoms with Gasteiger partial charge in [0.1, 0.15) is 17.3 Å². The normalized spacial score (nSPS) is 17.9. The number of piperidine rings is 1. The lowest BCUT2D eigenvalue weighted by atomic mass is 9.67. The maximum atomic E-state index is 14.9. The SMILES string of the molecule is COc1cccc(C(=O)[C@H]2CN(Cc3ccn[nH]3)C[C@H](C(=O)c3cccc(OC)c3)C2c2cccc(F)c2C)c1. The first-order chi connectivity index (χ1) is 19.4. The molecule has 0 aliphatic carbocycles. The van der Waals surface area contributed by atoms with Crippen molar-refractivity contribution in [1.82, 2.24) is 15.1 Å². The molecule has 1 aliphatic rings. The second-order valence-corrected chi connectivity index (χ2v) is 10.2. The van der Waals surface area contributed by atoms with E-state index in [2.05, 4.69) is 15.1 Å². The number of Topliss-reactive ketones (excluding diaryl/α,β-unsaturated/α-hetero) is 2. The Bertz CT molecular complexity index is 1430. The summed E-state index contributed by atoms with van der Waals surface area (Å²) in [6.07, 6.45) is 1.68. The number of hydrogen-bond acceptors (Lipinski definition) is 6. The highest BCUT2D eigenvalue weighted by atomic mass is 19.1. The van der Waals surface area contributed by atoms with Crippen molar-refractivity contribution >= 4 is 11.6 Å². The number of benzene rings is 3. The minimum absolute atomic E-state index is 0.120. The highest BCUT2D eigenvalue weighted by molar-refractivity contribution is 6.02. The van der Waals surface area contributed by atoms with Gasteiger partial charge in [0, 0.05) is 60.4 Å². The quantitative estimate of drug-likeness (QED) is 0.283. The fourth-order valence-electron chi connectivity index (χ4n) is 5.77. The van der Waals surface area contributed by atoms with Crippen molar-refractivity contribution in [1.29, 1.82) is 0 Å². The maximum absolute atomic E-state index is 14.9. The Balaban J connectivity index is 1.64. The van der Waals surface area contributed by atoms with Crippen molar-refractivity contribution in [3.63, 3.8) is 0 Å². The summed E-state index contributed by atoms with van der Waals surface area (Å²) in [5, 5.41) is 7.04. The van der Waals surface area contributed by atoms with Gasteiger partial charge in [-0.15, -0.1) is 0 Å². The molecule has 1 aromatic heterocycles. The first kappa shape index (κ1) is 27.3. The number of ether oxygens (including phenoxy) is 2. The topological polar surface area (TPSA) is 84.5 Å². The van der Waals surface area contributed by atoms with Gasteiger partial charge < -0.3 is 9.47 Å². The summed E-state index contributed by atoms with van der Waals surface area (Å²) in [7, 11) is 3.11. The van der Waals surface area contributed by atoms with Crippen molar-refractivity contribution in [3.8, 4) is 11.5 Å². The number of methoxy groups -OCH3 is 2. The number of H-pyrrole nitrogens is 1. The molecular formula is C32H32FN3O4. The van der Waals surface area contributed by atoms with Gasteiger partial charge in [0.15, 0.2) is 11.6 Å². The maximum Gasteiger partial charge on any atom is 0.167 e. The number of nitrogens with one attached hydrogen (secondary N) is 1. The van der Waals surface area contributed by atoms with Crippen molar-refractivity contribution in [3.05, 3.63) is 113 Å². The van der Waals surface area contributed by atoms with Gasteiger partial charge in [-0.1, -0.05) is 36.4 Å². The lowest BCUT2D eigenvalue weighted by Crippen LogP contribution is -2.50. The molecule has 206 valence electrons. The van der Waals surface area contributed by atoms with Crippen molar-refractivity contribution in [2.24, 2.45) is 11.8 Å². The van der Waals surface area contributed by atoms with Crippen LogP contribution in [0.2, 0.25) is 0 Å². The Kier molecular flexibility index (Phi) is 8.07. The molecule has 7 nitrogen and oxygen atoms in total.